The number of pyridine rings is 1. The quantitative estimate of drug-likeness (QED) is 0.145. The highest BCUT2D eigenvalue weighted by atomic mass is 32.2. The van der Waals surface area contributed by atoms with Crippen LogP contribution in [0.3, 0.4) is 0 Å². The molecule has 4 rings (SSSR count). The van der Waals surface area contributed by atoms with E-state index in [4.69, 9.17) is 10.6 Å². The smallest absolute Gasteiger partial charge is 0.178 e. The van der Waals surface area contributed by atoms with Gasteiger partial charge in [-0.05, 0) is 60.7 Å². The van der Waals surface area contributed by atoms with Gasteiger partial charge in [-0.1, -0.05) is 19.1 Å². The van der Waals surface area contributed by atoms with Crippen molar-refractivity contribution in [2.45, 2.75) is 25.2 Å². The van der Waals surface area contributed by atoms with E-state index in [1.165, 1.54) is 11.2 Å². The zero-order valence-electron chi connectivity index (χ0n) is 19.9. The molecule has 0 saturated carbocycles. The van der Waals surface area contributed by atoms with E-state index in [9.17, 15) is 8.42 Å². The van der Waals surface area contributed by atoms with Crippen LogP contribution in [0.2, 0.25) is 0 Å². The van der Waals surface area contributed by atoms with Gasteiger partial charge in [0.2, 0.25) is 0 Å². The Balaban J connectivity index is 1.75. The number of nitrogens with zero attached hydrogens (tertiary/aromatic N) is 3. The monoisotopic (exact) mass is 491 g/mol. The summed E-state index contributed by atoms with van der Waals surface area (Å²) in [6, 6.07) is 13.0. The number of hydrogen-bond acceptors (Lipinski definition) is 7. The zero-order valence-corrected chi connectivity index (χ0v) is 20.7. The molecule has 182 valence electrons. The number of H-pyrrole nitrogens is 1. The molecular formula is C26H29N5O3S. The molecule has 2 aromatic heterocycles. The number of fused-ring (bicyclic) bond motifs is 3. The first kappa shape index (κ1) is 24.4. The van der Waals surface area contributed by atoms with Crippen LogP contribution in [0.15, 0.2) is 70.9 Å². The first-order chi connectivity index (χ1) is 16.8. The third-order valence-corrected chi connectivity index (χ3v) is 7.50. The SMILES string of the molecule is C=N/C=C\N(N)CCCOc1ccc(-c2cccc(S(=O)(=O)CC)c2)c2c1[nH]c1ncc(C)cc12. The fourth-order valence-electron chi connectivity index (χ4n) is 3.99. The average Bonchev–Trinajstić information content (AvgIpc) is 3.24. The van der Waals surface area contributed by atoms with Gasteiger partial charge in [0.25, 0.3) is 0 Å². The summed E-state index contributed by atoms with van der Waals surface area (Å²) in [6.07, 6.45) is 5.70. The second-order valence-electron chi connectivity index (χ2n) is 8.25. The Hall–Kier alpha value is -3.69. The second kappa shape index (κ2) is 10.3. The van der Waals surface area contributed by atoms with Crippen molar-refractivity contribution >= 4 is 38.5 Å². The number of hydrogen-bond donors (Lipinski definition) is 2. The number of aromatic nitrogens is 2. The van der Waals surface area contributed by atoms with Gasteiger partial charge in [0, 0.05) is 42.3 Å². The number of aryl methyl sites for hydroxylation is 1. The Morgan fingerprint density at radius 1 is 1.26 bits per heavy atom. The Kier molecular flexibility index (Phi) is 7.18. The van der Waals surface area contributed by atoms with Gasteiger partial charge < -0.3 is 14.7 Å². The van der Waals surface area contributed by atoms with Crippen LogP contribution in [0.5, 0.6) is 5.75 Å². The largest absolute Gasteiger partial charge is 0.491 e. The second-order valence-corrected chi connectivity index (χ2v) is 10.5. The highest BCUT2D eigenvalue weighted by Crippen LogP contribution is 2.39. The number of nitrogens with one attached hydrogen (secondary N) is 1. The van der Waals surface area contributed by atoms with E-state index in [1.54, 1.807) is 31.3 Å². The van der Waals surface area contributed by atoms with Gasteiger partial charge in [0.1, 0.15) is 11.4 Å². The lowest BCUT2D eigenvalue weighted by Crippen LogP contribution is -2.27. The van der Waals surface area contributed by atoms with Gasteiger partial charge in [-0.3, -0.25) is 4.99 Å². The summed E-state index contributed by atoms with van der Waals surface area (Å²) in [5, 5.41) is 3.43. The van der Waals surface area contributed by atoms with Crippen LogP contribution in [-0.2, 0) is 9.84 Å². The molecule has 0 atom stereocenters. The predicted molar refractivity (Wildman–Crippen MR) is 141 cm³/mol. The van der Waals surface area contributed by atoms with E-state index in [2.05, 4.69) is 27.7 Å². The molecule has 2 aromatic carbocycles. The molecule has 4 aromatic rings. The number of aromatic amines is 1. The van der Waals surface area contributed by atoms with Crippen molar-refractivity contribution in [2.75, 3.05) is 18.9 Å². The molecule has 0 saturated heterocycles. The lowest BCUT2D eigenvalue weighted by molar-refractivity contribution is 0.281. The summed E-state index contributed by atoms with van der Waals surface area (Å²) >= 11 is 0. The molecule has 0 spiro atoms. The standard InChI is InChI=1S/C26H29N5O3S/c1-4-35(32,33)20-8-5-7-19(16-20)21-9-10-23(34-14-6-12-31(27)13-11-28-3)25-24(21)22-15-18(2)17-29-26(22)30-25/h5,7-11,13,15-17H,3-4,6,12,14,27H2,1-2H3,(H,29,30)/b13-11-. The molecule has 0 unspecified atom stereocenters. The van der Waals surface area contributed by atoms with E-state index >= 15 is 0 Å². The number of rotatable bonds is 10. The maximum absolute atomic E-state index is 12.5. The van der Waals surface area contributed by atoms with Crippen LogP contribution >= 0.6 is 0 Å². The highest BCUT2D eigenvalue weighted by molar-refractivity contribution is 7.91. The molecular weight excluding hydrogens is 462 g/mol. The van der Waals surface area contributed by atoms with Crippen molar-refractivity contribution in [1.29, 1.82) is 0 Å². The van der Waals surface area contributed by atoms with Gasteiger partial charge in [-0.15, -0.1) is 0 Å². The molecule has 35 heavy (non-hydrogen) atoms. The third-order valence-electron chi connectivity index (χ3n) is 5.77. The summed E-state index contributed by atoms with van der Waals surface area (Å²) in [7, 11) is -3.33. The molecule has 0 fully saturated rings. The van der Waals surface area contributed by atoms with E-state index in [1.807, 2.05) is 31.3 Å². The highest BCUT2D eigenvalue weighted by Gasteiger charge is 2.18. The van der Waals surface area contributed by atoms with E-state index in [0.29, 0.717) is 30.2 Å². The molecule has 2 heterocycles. The Morgan fingerprint density at radius 2 is 2.09 bits per heavy atom. The molecule has 3 N–H and O–H groups in total. The molecule has 0 bridgehead atoms. The van der Waals surface area contributed by atoms with Gasteiger partial charge in [0.15, 0.2) is 9.84 Å². The number of hydrazine groups is 1. The molecule has 0 amide bonds. The normalized spacial score (nSPS) is 12.0. The topological polar surface area (TPSA) is 114 Å². The van der Waals surface area contributed by atoms with Crippen LogP contribution in [-0.4, -0.2) is 49.0 Å². The molecule has 0 aliphatic heterocycles. The first-order valence-electron chi connectivity index (χ1n) is 11.3. The molecule has 0 aliphatic rings. The molecule has 0 aliphatic carbocycles. The van der Waals surface area contributed by atoms with Crippen LogP contribution < -0.4 is 10.6 Å². The van der Waals surface area contributed by atoms with E-state index in [0.717, 1.165) is 38.6 Å². The van der Waals surface area contributed by atoms with Crippen LogP contribution in [0.1, 0.15) is 18.9 Å². The van der Waals surface area contributed by atoms with Crippen LogP contribution in [0.4, 0.5) is 0 Å². The molecule has 8 nitrogen and oxygen atoms in total. The predicted octanol–water partition coefficient (Wildman–Crippen LogP) is 4.60. The Bertz CT molecular complexity index is 1510. The zero-order chi connectivity index (χ0) is 25.0. The third kappa shape index (κ3) is 5.21. The Morgan fingerprint density at radius 3 is 2.86 bits per heavy atom. The fraction of sp³-hybridized carbons (Fsp3) is 0.231. The van der Waals surface area contributed by atoms with Crippen molar-refractivity contribution in [2.24, 2.45) is 10.8 Å². The lowest BCUT2D eigenvalue weighted by atomic mass is 9.99. The van der Waals surface area contributed by atoms with Gasteiger partial charge in [0.05, 0.1) is 22.8 Å². The Labute approximate surface area is 205 Å². The first-order valence-corrected chi connectivity index (χ1v) is 13.0. The number of benzene rings is 2. The lowest BCUT2D eigenvalue weighted by Gasteiger charge is -2.14. The van der Waals surface area contributed by atoms with Crippen molar-refractivity contribution in [3.8, 4) is 16.9 Å². The summed E-state index contributed by atoms with van der Waals surface area (Å²) < 4.78 is 31.1. The summed E-state index contributed by atoms with van der Waals surface area (Å²) in [6.45, 7) is 8.09. The van der Waals surface area contributed by atoms with Gasteiger partial charge >= 0.3 is 0 Å². The molecule has 0 radical (unpaired) electrons. The van der Waals surface area contributed by atoms with Crippen LogP contribution in [0.25, 0.3) is 33.1 Å². The maximum Gasteiger partial charge on any atom is 0.178 e. The van der Waals surface area contributed by atoms with Crippen molar-refractivity contribution in [3.63, 3.8) is 0 Å². The van der Waals surface area contributed by atoms with E-state index in [-0.39, 0.29) is 5.75 Å². The minimum Gasteiger partial charge on any atom is -0.491 e. The van der Waals surface area contributed by atoms with Crippen molar-refractivity contribution < 1.29 is 13.2 Å². The number of ether oxygens (including phenoxy) is 1. The summed E-state index contributed by atoms with van der Waals surface area (Å²) in [5.74, 6) is 6.63. The minimum absolute atomic E-state index is 0.0506. The van der Waals surface area contributed by atoms with Gasteiger partial charge in [-0.2, -0.15) is 0 Å². The minimum atomic E-state index is -3.33. The summed E-state index contributed by atoms with van der Waals surface area (Å²) in [5.41, 5.74) is 4.33. The number of aliphatic imine (C=N–C) groups is 1. The van der Waals surface area contributed by atoms with Crippen molar-refractivity contribution in [3.05, 3.63) is 66.6 Å². The number of sulfone groups is 1. The van der Waals surface area contributed by atoms with E-state index < -0.39 is 9.84 Å². The van der Waals surface area contributed by atoms with Crippen molar-refractivity contribution in [1.82, 2.24) is 15.0 Å². The average molecular weight is 492 g/mol. The molecule has 9 heteroatoms. The fourth-order valence-corrected chi connectivity index (χ4v) is 4.91. The number of nitrogens with two attached hydrogens (primary N) is 1. The van der Waals surface area contributed by atoms with Crippen LogP contribution in [0, 0.1) is 6.92 Å². The maximum atomic E-state index is 12.5. The summed E-state index contributed by atoms with van der Waals surface area (Å²) in [4.78, 5) is 11.9. The van der Waals surface area contributed by atoms with Gasteiger partial charge in [-0.25, -0.2) is 19.2 Å².